The summed E-state index contributed by atoms with van der Waals surface area (Å²) in [5, 5.41) is 1.35. The lowest BCUT2D eigenvalue weighted by atomic mass is 10.0. The summed E-state index contributed by atoms with van der Waals surface area (Å²) in [6.07, 6.45) is 4.16. The second kappa shape index (κ2) is 6.16. The molecule has 1 unspecified atom stereocenters. The Kier molecular flexibility index (Phi) is 4.55. The highest BCUT2D eigenvalue weighted by Crippen LogP contribution is 2.25. The number of aromatic nitrogens is 1. The summed E-state index contributed by atoms with van der Waals surface area (Å²) in [5.41, 5.74) is 4.74. The van der Waals surface area contributed by atoms with Crippen LogP contribution in [0.2, 0.25) is 10.0 Å². The number of hydrogen-bond acceptors (Lipinski definition) is 3. The quantitative estimate of drug-likeness (QED) is 0.669. The van der Waals surface area contributed by atoms with Crippen LogP contribution in [0.4, 0.5) is 0 Å². The SMILES string of the molecule is NNC(Cc1cc(Cl)ccc1Cl)c1cccnc1. The van der Waals surface area contributed by atoms with Crippen molar-refractivity contribution in [3.05, 3.63) is 63.9 Å². The van der Waals surface area contributed by atoms with Crippen LogP contribution < -0.4 is 11.3 Å². The Balaban J connectivity index is 2.23. The van der Waals surface area contributed by atoms with Crippen molar-refractivity contribution < 1.29 is 0 Å². The van der Waals surface area contributed by atoms with Crippen LogP contribution in [0.25, 0.3) is 0 Å². The smallest absolute Gasteiger partial charge is 0.0516 e. The van der Waals surface area contributed by atoms with Gasteiger partial charge in [0.15, 0.2) is 0 Å². The van der Waals surface area contributed by atoms with Gasteiger partial charge in [0.1, 0.15) is 0 Å². The molecule has 0 aliphatic carbocycles. The van der Waals surface area contributed by atoms with E-state index in [4.69, 9.17) is 29.0 Å². The van der Waals surface area contributed by atoms with Crippen molar-refractivity contribution in [2.75, 3.05) is 0 Å². The standard InChI is InChI=1S/C13H13Cl2N3/c14-11-3-4-12(15)10(6-11)7-13(18-16)9-2-1-5-17-8-9/h1-6,8,13,18H,7,16H2. The second-order valence-corrected chi connectivity index (χ2v) is 4.79. The van der Waals surface area contributed by atoms with E-state index in [1.54, 1.807) is 24.5 Å². The Morgan fingerprint density at radius 2 is 2.11 bits per heavy atom. The number of hydrogen-bond donors (Lipinski definition) is 2. The fraction of sp³-hybridized carbons (Fsp3) is 0.154. The third-order valence-electron chi connectivity index (χ3n) is 2.72. The molecule has 3 nitrogen and oxygen atoms in total. The summed E-state index contributed by atoms with van der Waals surface area (Å²) >= 11 is 12.1. The minimum atomic E-state index is -0.0466. The minimum absolute atomic E-state index is 0.0466. The van der Waals surface area contributed by atoms with E-state index in [9.17, 15) is 0 Å². The number of nitrogens with two attached hydrogens (primary N) is 1. The second-order valence-electron chi connectivity index (χ2n) is 3.95. The number of rotatable bonds is 4. The first kappa shape index (κ1) is 13.3. The molecule has 2 rings (SSSR count). The fourth-order valence-electron chi connectivity index (χ4n) is 1.77. The molecule has 0 saturated carbocycles. The zero-order chi connectivity index (χ0) is 13.0. The topological polar surface area (TPSA) is 50.9 Å². The van der Waals surface area contributed by atoms with Gasteiger partial charge in [-0.05, 0) is 41.8 Å². The van der Waals surface area contributed by atoms with Crippen LogP contribution in [-0.2, 0) is 6.42 Å². The lowest BCUT2D eigenvalue weighted by molar-refractivity contribution is 0.550. The van der Waals surface area contributed by atoms with Gasteiger partial charge < -0.3 is 0 Å². The Bertz CT molecular complexity index is 517. The Hall–Kier alpha value is -1.13. The van der Waals surface area contributed by atoms with Crippen LogP contribution >= 0.6 is 23.2 Å². The first-order valence-electron chi connectivity index (χ1n) is 5.50. The van der Waals surface area contributed by atoms with Crippen molar-refractivity contribution in [2.45, 2.75) is 12.5 Å². The third kappa shape index (κ3) is 3.21. The maximum atomic E-state index is 6.14. The first-order valence-corrected chi connectivity index (χ1v) is 6.26. The van der Waals surface area contributed by atoms with Crippen LogP contribution in [0.1, 0.15) is 17.2 Å². The summed E-state index contributed by atoms with van der Waals surface area (Å²) < 4.78 is 0. The van der Waals surface area contributed by atoms with Crippen LogP contribution in [0.5, 0.6) is 0 Å². The van der Waals surface area contributed by atoms with Crippen LogP contribution in [0.15, 0.2) is 42.7 Å². The number of pyridine rings is 1. The van der Waals surface area contributed by atoms with Crippen LogP contribution in [0.3, 0.4) is 0 Å². The predicted molar refractivity (Wildman–Crippen MR) is 74.5 cm³/mol. The summed E-state index contributed by atoms with van der Waals surface area (Å²) in [7, 11) is 0. The molecule has 1 aromatic carbocycles. The number of nitrogens with one attached hydrogen (secondary N) is 1. The molecule has 0 saturated heterocycles. The summed E-state index contributed by atoms with van der Waals surface area (Å²) in [4.78, 5) is 4.08. The molecule has 1 heterocycles. The van der Waals surface area contributed by atoms with E-state index in [2.05, 4.69) is 10.4 Å². The third-order valence-corrected chi connectivity index (χ3v) is 3.32. The van der Waals surface area contributed by atoms with Gasteiger partial charge in [0.05, 0.1) is 6.04 Å². The highest BCUT2D eigenvalue weighted by Gasteiger charge is 2.12. The molecular weight excluding hydrogens is 269 g/mol. The number of nitrogens with zero attached hydrogens (tertiary/aromatic N) is 1. The average Bonchev–Trinajstić information content (AvgIpc) is 2.41. The van der Waals surface area contributed by atoms with E-state index in [-0.39, 0.29) is 6.04 Å². The van der Waals surface area contributed by atoms with Crippen molar-refractivity contribution >= 4 is 23.2 Å². The Labute approximate surface area is 116 Å². The van der Waals surface area contributed by atoms with Crippen molar-refractivity contribution in [1.29, 1.82) is 0 Å². The van der Waals surface area contributed by atoms with Gasteiger partial charge in [-0.15, -0.1) is 0 Å². The van der Waals surface area contributed by atoms with Crippen LogP contribution in [0, 0.1) is 0 Å². The van der Waals surface area contributed by atoms with Gasteiger partial charge in [-0.1, -0.05) is 29.3 Å². The van der Waals surface area contributed by atoms with Gasteiger partial charge in [-0.25, -0.2) is 0 Å². The summed E-state index contributed by atoms with van der Waals surface area (Å²) in [5.74, 6) is 5.59. The molecule has 18 heavy (non-hydrogen) atoms. The average molecular weight is 282 g/mol. The zero-order valence-corrected chi connectivity index (χ0v) is 11.1. The van der Waals surface area contributed by atoms with Crippen molar-refractivity contribution in [3.63, 3.8) is 0 Å². The molecule has 1 atom stereocenters. The van der Waals surface area contributed by atoms with Crippen LogP contribution in [-0.4, -0.2) is 4.98 Å². The van der Waals surface area contributed by atoms with E-state index >= 15 is 0 Å². The van der Waals surface area contributed by atoms with Gasteiger partial charge >= 0.3 is 0 Å². The lowest BCUT2D eigenvalue weighted by Gasteiger charge is -2.16. The van der Waals surface area contributed by atoms with E-state index < -0.39 is 0 Å². The van der Waals surface area contributed by atoms with E-state index in [1.807, 2.05) is 18.2 Å². The number of benzene rings is 1. The zero-order valence-electron chi connectivity index (χ0n) is 9.61. The molecule has 0 fully saturated rings. The minimum Gasteiger partial charge on any atom is -0.271 e. The number of halogens is 2. The molecule has 2 aromatic rings. The molecule has 94 valence electrons. The molecule has 3 N–H and O–H groups in total. The summed E-state index contributed by atoms with van der Waals surface area (Å²) in [6, 6.07) is 9.20. The van der Waals surface area contributed by atoms with E-state index in [0.29, 0.717) is 16.5 Å². The van der Waals surface area contributed by atoms with Gasteiger partial charge in [0.25, 0.3) is 0 Å². The predicted octanol–water partition coefficient (Wildman–Crippen LogP) is 3.14. The van der Waals surface area contributed by atoms with E-state index in [1.165, 1.54) is 0 Å². The van der Waals surface area contributed by atoms with Gasteiger partial charge in [-0.2, -0.15) is 0 Å². The highest BCUT2D eigenvalue weighted by molar-refractivity contribution is 6.33. The van der Waals surface area contributed by atoms with E-state index in [0.717, 1.165) is 11.1 Å². The number of hydrazine groups is 1. The monoisotopic (exact) mass is 281 g/mol. The fourth-order valence-corrected chi connectivity index (χ4v) is 2.16. The normalized spacial score (nSPS) is 12.4. The molecule has 5 heteroatoms. The molecule has 0 bridgehead atoms. The van der Waals surface area contributed by atoms with Crippen molar-refractivity contribution in [3.8, 4) is 0 Å². The van der Waals surface area contributed by atoms with Crippen molar-refractivity contribution in [2.24, 2.45) is 5.84 Å². The van der Waals surface area contributed by atoms with Gasteiger partial charge in [0, 0.05) is 22.4 Å². The molecule has 1 aromatic heterocycles. The van der Waals surface area contributed by atoms with Gasteiger partial charge in [-0.3, -0.25) is 16.3 Å². The largest absolute Gasteiger partial charge is 0.271 e. The van der Waals surface area contributed by atoms with Gasteiger partial charge in [0.2, 0.25) is 0 Å². The maximum absolute atomic E-state index is 6.14. The Morgan fingerprint density at radius 1 is 1.28 bits per heavy atom. The molecule has 0 amide bonds. The molecular formula is C13H13Cl2N3. The molecule has 0 radical (unpaired) electrons. The lowest BCUT2D eigenvalue weighted by Crippen LogP contribution is -2.29. The maximum Gasteiger partial charge on any atom is 0.0516 e. The molecule has 0 spiro atoms. The summed E-state index contributed by atoms with van der Waals surface area (Å²) in [6.45, 7) is 0. The molecule has 0 aliphatic rings. The highest BCUT2D eigenvalue weighted by atomic mass is 35.5. The Morgan fingerprint density at radius 3 is 2.78 bits per heavy atom. The van der Waals surface area contributed by atoms with Crippen molar-refractivity contribution in [1.82, 2.24) is 10.4 Å². The molecule has 0 aliphatic heterocycles. The first-order chi connectivity index (χ1) is 8.70.